The molecule has 1 aromatic rings. The molecule has 1 saturated carbocycles. The van der Waals surface area contributed by atoms with Gasteiger partial charge in [-0.25, -0.2) is 4.98 Å². The minimum atomic E-state index is 0.676. The lowest BCUT2D eigenvalue weighted by Gasteiger charge is -2.22. The number of rotatable bonds is 6. The summed E-state index contributed by atoms with van der Waals surface area (Å²) in [5, 5.41) is 3.13. The molecule has 0 unspecified atom stereocenters. The van der Waals surface area contributed by atoms with Crippen LogP contribution in [0.1, 0.15) is 18.5 Å². The van der Waals surface area contributed by atoms with Gasteiger partial charge < -0.3 is 10.2 Å². The summed E-state index contributed by atoms with van der Waals surface area (Å²) in [5.41, 5.74) is 1.09. The molecule has 1 heterocycles. The summed E-state index contributed by atoms with van der Waals surface area (Å²) in [7, 11) is 1.94. The fourth-order valence-corrected chi connectivity index (χ4v) is 1.86. The Bertz CT molecular complexity index is 358. The third-order valence-electron chi connectivity index (χ3n) is 2.76. The molecule has 2 rings (SSSR count). The second kappa shape index (κ2) is 5.12. The fraction of sp³-hybridized carbons (Fsp3) is 0.462. The third kappa shape index (κ3) is 2.61. The molecule has 16 heavy (non-hydrogen) atoms. The van der Waals surface area contributed by atoms with Gasteiger partial charge in [-0.05, 0) is 32.0 Å². The van der Waals surface area contributed by atoms with E-state index in [1.165, 1.54) is 12.8 Å². The predicted molar refractivity (Wildman–Crippen MR) is 67.6 cm³/mol. The lowest BCUT2D eigenvalue weighted by Crippen LogP contribution is -2.27. The van der Waals surface area contributed by atoms with E-state index in [1.807, 2.05) is 13.1 Å². The molecule has 1 N–H and O–H groups in total. The van der Waals surface area contributed by atoms with Crippen LogP contribution >= 0.6 is 0 Å². The van der Waals surface area contributed by atoms with Crippen LogP contribution in [0.4, 0.5) is 5.82 Å². The first-order valence-corrected chi connectivity index (χ1v) is 5.83. The maximum atomic E-state index is 4.66. The van der Waals surface area contributed by atoms with Crippen LogP contribution in [0.15, 0.2) is 30.9 Å². The van der Waals surface area contributed by atoms with Crippen molar-refractivity contribution in [1.82, 2.24) is 10.3 Å². The minimum absolute atomic E-state index is 0.676. The Morgan fingerprint density at radius 1 is 1.56 bits per heavy atom. The molecule has 0 aliphatic heterocycles. The van der Waals surface area contributed by atoms with Gasteiger partial charge in [0.25, 0.3) is 0 Å². The SMILES string of the molecule is C=CCN(c1cccc(CNC)n1)C1CC1. The van der Waals surface area contributed by atoms with Crippen molar-refractivity contribution in [3.63, 3.8) is 0 Å². The Labute approximate surface area is 97.2 Å². The van der Waals surface area contributed by atoms with Crippen molar-refractivity contribution in [3.8, 4) is 0 Å². The molecule has 0 aromatic carbocycles. The van der Waals surface area contributed by atoms with Crippen LogP contribution < -0.4 is 10.2 Å². The number of aromatic nitrogens is 1. The molecule has 0 spiro atoms. The maximum absolute atomic E-state index is 4.66. The number of anilines is 1. The molecule has 1 fully saturated rings. The van der Waals surface area contributed by atoms with Crippen LogP contribution in [0.25, 0.3) is 0 Å². The van der Waals surface area contributed by atoms with Crippen LogP contribution in [-0.4, -0.2) is 24.6 Å². The van der Waals surface area contributed by atoms with E-state index in [0.717, 1.165) is 24.6 Å². The Balaban J connectivity index is 2.15. The zero-order chi connectivity index (χ0) is 11.4. The normalized spacial score (nSPS) is 14.8. The Hall–Kier alpha value is -1.35. The first kappa shape index (κ1) is 11.1. The van der Waals surface area contributed by atoms with Gasteiger partial charge in [0.2, 0.25) is 0 Å². The van der Waals surface area contributed by atoms with E-state index in [0.29, 0.717) is 6.04 Å². The fourth-order valence-electron chi connectivity index (χ4n) is 1.86. The van der Waals surface area contributed by atoms with Crippen molar-refractivity contribution in [2.75, 3.05) is 18.5 Å². The third-order valence-corrected chi connectivity index (χ3v) is 2.76. The molecule has 0 atom stereocenters. The lowest BCUT2D eigenvalue weighted by atomic mass is 10.3. The highest BCUT2D eigenvalue weighted by molar-refractivity contribution is 5.43. The van der Waals surface area contributed by atoms with E-state index >= 15 is 0 Å². The molecule has 3 heteroatoms. The lowest BCUT2D eigenvalue weighted by molar-refractivity contribution is 0.776. The molecule has 3 nitrogen and oxygen atoms in total. The van der Waals surface area contributed by atoms with Crippen molar-refractivity contribution < 1.29 is 0 Å². The van der Waals surface area contributed by atoms with Gasteiger partial charge in [-0.2, -0.15) is 0 Å². The van der Waals surface area contributed by atoms with Crippen molar-refractivity contribution in [2.24, 2.45) is 0 Å². The van der Waals surface area contributed by atoms with E-state index < -0.39 is 0 Å². The molecule has 0 bridgehead atoms. The zero-order valence-electron chi connectivity index (χ0n) is 9.82. The van der Waals surface area contributed by atoms with Gasteiger partial charge in [0.15, 0.2) is 0 Å². The van der Waals surface area contributed by atoms with Crippen molar-refractivity contribution >= 4 is 5.82 Å². The number of pyridine rings is 1. The van der Waals surface area contributed by atoms with Gasteiger partial charge in [-0.1, -0.05) is 12.1 Å². The number of nitrogens with one attached hydrogen (secondary N) is 1. The molecule has 1 aromatic heterocycles. The first-order valence-electron chi connectivity index (χ1n) is 5.83. The van der Waals surface area contributed by atoms with E-state index in [1.54, 1.807) is 0 Å². The Morgan fingerprint density at radius 2 is 2.38 bits per heavy atom. The van der Waals surface area contributed by atoms with E-state index in [2.05, 4.69) is 40.0 Å². The molecule has 1 aliphatic carbocycles. The quantitative estimate of drug-likeness (QED) is 0.738. The largest absolute Gasteiger partial charge is 0.350 e. The van der Waals surface area contributed by atoms with Gasteiger partial charge in [0.1, 0.15) is 5.82 Å². The van der Waals surface area contributed by atoms with E-state index in [-0.39, 0.29) is 0 Å². The molecule has 86 valence electrons. The average molecular weight is 217 g/mol. The van der Waals surface area contributed by atoms with Gasteiger partial charge in [0, 0.05) is 19.1 Å². The summed E-state index contributed by atoms with van der Waals surface area (Å²) in [4.78, 5) is 7.00. The summed E-state index contributed by atoms with van der Waals surface area (Å²) in [6.45, 7) is 5.52. The second-order valence-corrected chi connectivity index (χ2v) is 4.19. The molecule has 0 amide bonds. The number of nitrogens with zero attached hydrogens (tertiary/aromatic N) is 2. The maximum Gasteiger partial charge on any atom is 0.129 e. The minimum Gasteiger partial charge on any atom is -0.350 e. The van der Waals surface area contributed by atoms with Gasteiger partial charge in [-0.3, -0.25) is 0 Å². The van der Waals surface area contributed by atoms with Crippen molar-refractivity contribution in [1.29, 1.82) is 0 Å². The molecule has 1 aliphatic rings. The van der Waals surface area contributed by atoms with Gasteiger partial charge >= 0.3 is 0 Å². The highest BCUT2D eigenvalue weighted by Crippen LogP contribution is 2.30. The Morgan fingerprint density at radius 3 is 3.00 bits per heavy atom. The first-order chi connectivity index (χ1) is 7.85. The van der Waals surface area contributed by atoms with Crippen molar-refractivity contribution in [3.05, 3.63) is 36.5 Å². The summed E-state index contributed by atoms with van der Waals surface area (Å²) >= 11 is 0. The summed E-state index contributed by atoms with van der Waals surface area (Å²) < 4.78 is 0. The highest BCUT2D eigenvalue weighted by atomic mass is 15.2. The summed E-state index contributed by atoms with van der Waals surface area (Å²) in [6, 6.07) is 6.89. The number of hydrogen-bond acceptors (Lipinski definition) is 3. The average Bonchev–Trinajstić information content (AvgIpc) is 3.11. The van der Waals surface area contributed by atoms with Gasteiger partial charge in [0.05, 0.1) is 5.69 Å². The molecular formula is C13H19N3. The van der Waals surface area contributed by atoms with Gasteiger partial charge in [-0.15, -0.1) is 6.58 Å². The van der Waals surface area contributed by atoms with Crippen LogP contribution in [0.2, 0.25) is 0 Å². The standard InChI is InChI=1S/C13H19N3/c1-3-9-16(12-7-8-12)13-6-4-5-11(15-13)10-14-2/h3-6,12,14H,1,7-10H2,2H3. The second-order valence-electron chi connectivity index (χ2n) is 4.19. The summed E-state index contributed by atoms with van der Waals surface area (Å²) in [6.07, 6.45) is 4.52. The number of hydrogen-bond donors (Lipinski definition) is 1. The van der Waals surface area contributed by atoms with Crippen LogP contribution in [0.5, 0.6) is 0 Å². The highest BCUT2D eigenvalue weighted by Gasteiger charge is 2.29. The smallest absolute Gasteiger partial charge is 0.129 e. The van der Waals surface area contributed by atoms with Crippen molar-refractivity contribution in [2.45, 2.75) is 25.4 Å². The molecule has 0 saturated heterocycles. The zero-order valence-corrected chi connectivity index (χ0v) is 9.82. The molecule has 0 radical (unpaired) electrons. The predicted octanol–water partition coefficient (Wildman–Crippen LogP) is 1.96. The Kier molecular flexibility index (Phi) is 3.57. The van der Waals surface area contributed by atoms with E-state index in [9.17, 15) is 0 Å². The van der Waals surface area contributed by atoms with E-state index in [4.69, 9.17) is 0 Å². The van der Waals surface area contributed by atoms with Crippen LogP contribution in [0.3, 0.4) is 0 Å². The van der Waals surface area contributed by atoms with Crippen LogP contribution in [-0.2, 0) is 6.54 Å². The monoisotopic (exact) mass is 217 g/mol. The topological polar surface area (TPSA) is 28.2 Å². The summed E-state index contributed by atoms with van der Waals surface area (Å²) in [5.74, 6) is 1.08. The molecular weight excluding hydrogens is 198 g/mol. The van der Waals surface area contributed by atoms with Crippen LogP contribution in [0, 0.1) is 0 Å².